The second kappa shape index (κ2) is 5.57. The van der Waals surface area contributed by atoms with Crippen molar-refractivity contribution in [3.8, 4) is 0 Å². The minimum absolute atomic E-state index is 0.00218. The molecule has 0 aliphatic carbocycles. The van der Waals surface area contributed by atoms with Gasteiger partial charge in [0.1, 0.15) is 0 Å². The van der Waals surface area contributed by atoms with Crippen molar-refractivity contribution in [2.75, 3.05) is 25.1 Å². The molecule has 2 aliphatic rings. The summed E-state index contributed by atoms with van der Waals surface area (Å²) < 4.78 is 0. The monoisotopic (exact) mass is 284 g/mol. The number of nitrogens with zero attached hydrogens (tertiary/aromatic N) is 4. The molecular formula is C10H12N4O2S2. The van der Waals surface area contributed by atoms with Gasteiger partial charge in [0, 0.05) is 13.6 Å². The van der Waals surface area contributed by atoms with Gasteiger partial charge in [-0.05, 0) is 0 Å². The lowest BCUT2D eigenvalue weighted by Crippen LogP contribution is -2.29. The Kier molecular flexibility index (Phi) is 4.07. The third kappa shape index (κ3) is 2.59. The van der Waals surface area contributed by atoms with Gasteiger partial charge < -0.3 is 0 Å². The van der Waals surface area contributed by atoms with E-state index >= 15 is 0 Å². The number of amides is 2. The van der Waals surface area contributed by atoms with Gasteiger partial charge in [0.2, 0.25) is 11.8 Å². The van der Waals surface area contributed by atoms with E-state index in [4.69, 9.17) is 0 Å². The molecule has 2 heterocycles. The summed E-state index contributed by atoms with van der Waals surface area (Å²) in [5.74, 6) is 0.779. The summed E-state index contributed by atoms with van der Waals surface area (Å²) in [5, 5.41) is 9.20. The number of hydrogen-bond acceptors (Lipinski definition) is 6. The van der Waals surface area contributed by atoms with Crippen LogP contribution in [0.3, 0.4) is 0 Å². The van der Waals surface area contributed by atoms with Crippen molar-refractivity contribution >= 4 is 45.7 Å². The molecule has 0 unspecified atom stereocenters. The fourth-order valence-corrected chi connectivity index (χ4v) is 3.07. The Hall–Kier alpha value is -1.28. The van der Waals surface area contributed by atoms with E-state index in [0.717, 1.165) is 0 Å². The summed E-state index contributed by atoms with van der Waals surface area (Å²) in [6.45, 7) is 4.03. The van der Waals surface area contributed by atoms with Crippen molar-refractivity contribution in [1.82, 2.24) is 9.80 Å². The Labute approximate surface area is 113 Å². The van der Waals surface area contributed by atoms with Gasteiger partial charge in [0.25, 0.3) is 0 Å². The SMILES string of the molecule is C=CCN1C(=O)CSC1=NN=C1SCC(=O)N1C. The molecule has 8 heteroatoms. The summed E-state index contributed by atoms with van der Waals surface area (Å²) >= 11 is 2.69. The van der Waals surface area contributed by atoms with Gasteiger partial charge in [-0.1, -0.05) is 29.6 Å². The normalized spacial score (nSPS) is 24.7. The lowest BCUT2D eigenvalue weighted by atomic mass is 10.5. The Morgan fingerprint density at radius 2 is 1.83 bits per heavy atom. The van der Waals surface area contributed by atoms with Crippen molar-refractivity contribution in [1.29, 1.82) is 0 Å². The van der Waals surface area contributed by atoms with E-state index in [2.05, 4.69) is 16.8 Å². The summed E-state index contributed by atoms with van der Waals surface area (Å²) in [6.07, 6.45) is 1.65. The Morgan fingerprint density at radius 1 is 1.22 bits per heavy atom. The van der Waals surface area contributed by atoms with E-state index in [1.807, 2.05) is 0 Å². The molecule has 0 spiro atoms. The Balaban J connectivity index is 2.13. The average molecular weight is 284 g/mol. The molecule has 0 bridgehead atoms. The number of carbonyl (C=O) groups is 2. The second-order valence-corrected chi connectivity index (χ2v) is 5.47. The largest absolute Gasteiger partial charge is 0.292 e. The molecule has 0 saturated carbocycles. The molecule has 2 rings (SSSR count). The van der Waals surface area contributed by atoms with Crippen LogP contribution in [0, 0.1) is 0 Å². The summed E-state index contributed by atoms with van der Waals surface area (Å²) in [7, 11) is 1.66. The maximum Gasteiger partial charge on any atom is 0.239 e. The van der Waals surface area contributed by atoms with Crippen LogP contribution < -0.4 is 0 Å². The molecule has 18 heavy (non-hydrogen) atoms. The molecule has 2 saturated heterocycles. The smallest absolute Gasteiger partial charge is 0.239 e. The van der Waals surface area contributed by atoms with E-state index in [9.17, 15) is 9.59 Å². The topological polar surface area (TPSA) is 65.3 Å². The van der Waals surface area contributed by atoms with Gasteiger partial charge in [-0.3, -0.25) is 19.4 Å². The summed E-state index contributed by atoms with van der Waals surface area (Å²) in [6, 6.07) is 0. The van der Waals surface area contributed by atoms with Gasteiger partial charge in [0.05, 0.1) is 11.5 Å². The van der Waals surface area contributed by atoms with Crippen molar-refractivity contribution in [2.45, 2.75) is 0 Å². The van der Waals surface area contributed by atoms with Crippen molar-refractivity contribution in [3.05, 3.63) is 12.7 Å². The highest BCUT2D eigenvalue weighted by Crippen LogP contribution is 2.21. The number of rotatable bonds is 3. The van der Waals surface area contributed by atoms with Crippen LogP contribution >= 0.6 is 23.5 Å². The molecule has 0 radical (unpaired) electrons. The third-order valence-electron chi connectivity index (χ3n) is 2.38. The number of carbonyl (C=O) groups excluding carboxylic acids is 2. The van der Waals surface area contributed by atoms with Crippen LogP contribution in [0.4, 0.5) is 0 Å². The third-order valence-corrected chi connectivity index (χ3v) is 4.33. The molecule has 96 valence electrons. The average Bonchev–Trinajstić information content (AvgIpc) is 2.85. The fraction of sp³-hybridized carbons (Fsp3) is 0.400. The van der Waals surface area contributed by atoms with Crippen molar-refractivity contribution < 1.29 is 9.59 Å². The molecular weight excluding hydrogens is 272 g/mol. The molecule has 0 aromatic heterocycles. The number of amidine groups is 2. The highest BCUT2D eigenvalue weighted by molar-refractivity contribution is 8.15. The van der Waals surface area contributed by atoms with Crippen LogP contribution in [0.2, 0.25) is 0 Å². The van der Waals surface area contributed by atoms with E-state index in [-0.39, 0.29) is 11.8 Å². The summed E-state index contributed by atoms with van der Waals surface area (Å²) in [5.41, 5.74) is 0. The molecule has 2 fully saturated rings. The number of hydrogen-bond donors (Lipinski definition) is 0. The quantitative estimate of drug-likeness (QED) is 0.562. The minimum Gasteiger partial charge on any atom is -0.292 e. The lowest BCUT2D eigenvalue weighted by Gasteiger charge is -2.12. The summed E-state index contributed by atoms with van der Waals surface area (Å²) in [4.78, 5) is 25.8. The first-order valence-electron chi connectivity index (χ1n) is 5.22. The van der Waals surface area contributed by atoms with Crippen LogP contribution in [-0.2, 0) is 9.59 Å². The molecule has 0 aromatic carbocycles. The maximum absolute atomic E-state index is 11.5. The van der Waals surface area contributed by atoms with Gasteiger partial charge in [-0.2, -0.15) is 0 Å². The Bertz CT molecular complexity index is 461. The first-order chi connectivity index (χ1) is 8.63. The zero-order valence-electron chi connectivity index (χ0n) is 9.83. The van der Waals surface area contributed by atoms with E-state index in [1.165, 1.54) is 33.3 Å². The zero-order chi connectivity index (χ0) is 13.1. The van der Waals surface area contributed by atoms with Gasteiger partial charge >= 0.3 is 0 Å². The second-order valence-electron chi connectivity index (χ2n) is 3.59. The van der Waals surface area contributed by atoms with Crippen molar-refractivity contribution in [3.63, 3.8) is 0 Å². The van der Waals surface area contributed by atoms with Gasteiger partial charge in [0.15, 0.2) is 10.3 Å². The van der Waals surface area contributed by atoms with E-state index < -0.39 is 0 Å². The van der Waals surface area contributed by atoms with Gasteiger partial charge in [-0.15, -0.1) is 16.8 Å². The first-order valence-corrected chi connectivity index (χ1v) is 7.19. The zero-order valence-corrected chi connectivity index (χ0v) is 11.5. The standard InChI is InChI=1S/C10H12N4O2S2/c1-3-4-14-8(16)6-18-10(14)12-11-9-13(2)7(15)5-17-9/h3H,1,4-6H2,2H3. The van der Waals surface area contributed by atoms with E-state index in [0.29, 0.717) is 28.4 Å². The molecule has 0 aromatic rings. The Morgan fingerprint density at radius 3 is 2.44 bits per heavy atom. The molecule has 0 atom stereocenters. The molecule has 2 amide bonds. The minimum atomic E-state index is 0.00218. The van der Waals surface area contributed by atoms with E-state index in [1.54, 1.807) is 13.1 Å². The predicted molar refractivity (Wildman–Crippen MR) is 74.5 cm³/mol. The predicted octanol–water partition coefficient (Wildman–Crippen LogP) is 0.580. The molecule has 2 aliphatic heterocycles. The first kappa shape index (κ1) is 13.2. The van der Waals surface area contributed by atoms with Gasteiger partial charge in [-0.25, -0.2) is 0 Å². The fourth-order valence-electron chi connectivity index (χ4n) is 1.39. The highest BCUT2D eigenvalue weighted by atomic mass is 32.2. The van der Waals surface area contributed by atoms with Crippen LogP contribution in [0.1, 0.15) is 0 Å². The maximum atomic E-state index is 11.5. The lowest BCUT2D eigenvalue weighted by molar-refractivity contribution is -0.124. The molecule has 6 nitrogen and oxygen atoms in total. The highest BCUT2D eigenvalue weighted by Gasteiger charge is 2.28. The van der Waals surface area contributed by atoms with Crippen LogP contribution in [0.15, 0.2) is 22.9 Å². The number of thioether (sulfide) groups is 2. The van der Waals surface area contributed by atoms with Crippen LogP contribution in [0.5, 0.6) is 0 Å². The van der Waals surface area contributed by atoms with Crippen LogP contribution in [-0.4, -0.2) is 57.0 Å². The van der Waals surface area contributed by atoms with Crippen LogP contribution in [0.25, 0.3) is 0 Å². The molecule has 0 N–H and O–H groups in total. The van der Waals surface area contributed by atoms with Crippen molar-refractivity contribution in [2.24, 2.45) is 10.2 Å².